The number of carbonyl (C=O) groups excluding carboxylic acids is 2. The molecule has 2 amide bonds. The molecule has 0 spiro atoms. The lowest BCUT2D eigenvalue weighted by Crippen LogP contribution is -2.29. The number of carboxylic acid groups (broad SMARTS) is 1. The molecule has 0 fully saturated rings. The number of nitrogens with one attached hydrogen (secondary N) is 2. The fraction of sp³-hybridized carbons (Fsp3) is 0.100. The molecule has 2 bridgehead atoms. The Balaban J connectivity index is 1.43. The Labute approximate surface area is 234 Å². The predicted molar refractivity (Wildman–Crippen MR) is 141 cm³/mol. The number of halogens is 5. The average Bonchev–Trinajstić information content (AvgIpc) is 3.55. The molecule has 0 atom stereocenters. The van der Waals surface area contributed by atoms with Gasteiger partial charge in [-0.25, -0.2) is 13.6 Å². The Bertz CT molecular complexity index is 1750. The van der Waals surface area contributed by atoms with Crippen molar-refractivity contribution < 1.29 is 46.2 Å². The number of methoxy groups -OCH3 is 1. The molecule has 3 N–H and O–H groups in total. The lowest BCUT2D eigenvalue weighted by atomic mass is 9.99. The number of hydrogen-bond donors (Lipinski definition) is 3. The van der Waals surface area contributed by atoms with Crippen molar-refractivity contribution in [1.29, 1.82) is 0 Å². The van der Waals surface area contributed by atoms with Crippen LogP contribution in [0.5, 0.6) is 5.75 Å². The quantitative estimate of drug-likeness (QED) is 0.286. The molecule has 12 heteroatoms. The number of alkyl halides is 3. The van der Waals surface area contributed by atoms with Gasteiger partial charge in [-0.05, 0) is 53.1 Å². The van der Waals surface area contributed by atoms with Crippen LogP contribution in [0.4, 0.5) is 27.6 Å². The van der Waals surface area contributed by atoms with Gasteiger partial charge in [0.1, 0.15) is 17.4 Å². The second-order valence-electron chi connectivity index (χ2n) is 9.33. The number of hydrogen-bond acceptors (Lipinski definition) is 4. The number of rotatable bonds is 7. The van der Waals surface area contributed by atoms with Crippen LogP contribution in [0.25, 0.3) is 11.1 Å². The summed E-state index contributed by atoms with van der Waals surface area (Å²) in [6, 6.07) is 9.59. The fourth-order valence-electron chi connectivity index (χ4n) is 4.70. The van der Waals surface area contributed by atoms with Crippen LogP contribution in [-0.2, 0) is 11.0 Å². The summed E-state index contributed by atoms with van der Waals surface area (Å²) in [5, 5.41) is 14.1. The number of ether oxygens (including phenoxy) is 1. The van der Waals surface area contributed by atoms with Gasteiger partial charge in [-0.2, -0.15) is 13.2 Å². The van der Waals surface area contributed by atoms with Crippen LogP contribution in [0.1, 0.15) is 32.7 Å². The highest BCUT2D eigenvalue weighted by Crippen LogP contribution is 2.40. The minimum atomic E-state index is -4.98. The third kappa shape index (κ3) is 5.26. The summed E-state index contributed by atoms with van der Waals surface area (Å²) in [5.74, 6) is -5.12. The van der Waals surface area contributed by atoms with Crippen molar-refractivity contribution in [2.45, 2.75) is 12.6 Å². The van der Waals surface area contributed by atoms with Crippen LogP contribution in [0.3, 0.4) is 0 Å². The Morgan fingerprint density at radius 1 is 0.857 bits per heavy atom. The van der Waals surface area contributed by atoms with Crippen molar-refractivity contribution in [3.05, 3.63) is 117 Å². The summed E-state index contributed by atoms with van der Waals surface area (Å²) < 4.78 is 73.3. The van der Waals surface area contributed by atoms with Gasteiger partial charge >= 0.3 is 12.1 Å². The molecule has 0 saturated heterocycles. The average molecular weight is 582 g/mol. The Morgan fingerprint density at radius 3 is 2.19 bits per heavy atom. The summed E-state index contributed by atoms with van der Waals surface area (Å²) in [5.41, 5.74) is -0.527. The maximum absolute atomic E-state index is 15.0. The van der Waals surface area contributed by atoms with Crippen LogP contribution in [0.15, 0.2) is 89.2 Å². The van der Waals surface area contributed by atoms with Gasteiger partial charge in [0, 0.05) is 23.7 Å². The topological polar surface area (TPSA) is 105 Å². The summed E-state index contributed by atoms with van der Waals surface area (Å²) in [7, 11) is 1.23. The highest BCUT2D eigenvalue weighted by molar-refractivity contribution is 6.11. The van der Waals surface area contributed by atoms with Gasteiger partial charge in [0.2, 0.25) is 0 Å². The number of fused-ring (bicyclic) bond motifs is 2. The monoisotopic (exact) mass is 582 g/mol. The largest absolute Gasteiger partial charge is 0.496 e. The molecule has 42 heavy (non-hydrogen) atoms. The first-order valence-electron chi connectivity index (χ1n) is 12.2. The zero-order valence-corrected chi connectivity index (χ0v) is 21.5. The van der Waals surface area contributed by atoms with E-state index < -0.39 is 41.2 Å². The lowest BCUT2D eigenvalue weighted by molar-refractivity contribution is -0.140. The van der Waals surface area contributed by atoms with Crippen molar-refractivity contribution in [3.8, 4) is 16.9 Å². The first kappa shape index (κ1) is 28.3. The van der Waals surface area contributed by atoms with Crippen molar-refractivity contribution >= 4 is 23.5 Å². The van der Waals surface area contributed by atoms with Gasteiger partial charge in [0.25, 0.3) is 11.8 Å². The normalized spacial score (nSPS) is 14.0. The molecule has 0 aliphatic heterocycles. The van der Waals surface area contributed by atoms with E-state index in [1.165, 1.54) is 37.4 Å². The van der Waals surface area contributed by atoms with Gasteiger partial charge in [-0.3, -0.25) is 9.59 Å². The number of amides is 2. The Hall–Kier alpha value is -5.26. The van der Waals surface area contributed by atoms with E-state index in [4.69, 9.17) is 9.84 Å². The van der Waals surface area contributed by atoms with E-state index in [-0.39, 0.29) is 45.8 Å². The maximum atomic E-state index is 15.0. The molecule has 3 aromatic rings. The minimum absolute atomic E-state index is 0.00398. The third-order valence-corrected chi connectivity index (χ3v) is 6.73. The van der Waals surface area contributed by atoms with Crippen LogP contribution >= 0.6 is 0 Å². The van der Waals surface area contributed by atoms with Gasteiger partial charge in [0.05, 0.1) is 35.1 Å². The summed E-state index contributed by atoms with van der Waals surface area (Å²) >= 11 is 0. The number of anilines is 1. The van der Waals surface area contributed by atoms with Crippen molar-refractivity contribution in [2.75, 3.05) is 12.4 Å². The van der Waals surface area contributed by atoms with E-state index in [2.05, 4.69) is 10.6 Å². The van der Waals surface area contributed by atoms with Crippen molar-refractivity contribution in [1.82, 2.24) is 5.32 Å². The molecular weight excluding hydrogens is 563 g/mol. The number of allylic oxidation sites excluding steroid dienone is 4. The van der Waals surface area contributed by atoms with Crippen LogP contribution < -0.4 is 15.4 Å². The molecular formula is C30H19F5N2O5. The molecule has 2 aliphatic rings. The van der Waals surface area contributed by atoms with E-state index >= 15 is 0 Å². The predicted octanol–water partition coefficient (Wildman–Crippen LogP) is 6.25. The summed E-state index contributed by atoms with van der Waals surface area (Å²) in [6.07, 6.45) is -1.41. The lowest BCUT2D eigenvalue weighted by Gasteiger charge is -2.17. The van der Waals surface area contributed by atoms with E-state index in [0.717, 1.165) is 12.1 Å². The summed E-state index contributed by atoms with van der Waals surface area (Å²) in [6.45, 7) is 0. The molecule has 0 saturated carbocycles. The van der Waals surface area contributed by atoms with Crippen molar-refractivity contribution in [2.24, 2.45) is 0 Å². The molecule has 7 nitrogen and oxygen atoms in total. The third-order valence-electron chi connectivity index (χ3n) is 6.73. The molecule has 214 valence electrons. The molecule has 2 aliphatic carbocycles. The van der Waals surface area contributed by atoms with Crippen LogP contribution in [0.2, 0.25) is 0 Å². The Morgan fingerprint density at radius 2 is 1.55 bits per heavy atom. The van der Waals surface area contributed by atoms with Gasteiger partial charge in [-0.1, -0.05) is 24.3 Å². The number of carboxylic acids is 1. The van der Waals surface area contributed by atoms with Gasteiger partial charge in [-0.15, -0.1) is 0 Å². The Kier molecular flexibility index (Phi) is 7.15. The molecule has 5 rings (SSSR count). The molecule has 3 aromatic carbocycles. The van der Waals surface area contributed by atoms with Gasteiger partial charge < -0.3 is 20.5 Å². The molecule has 0 aromatic heterocycles. The van der Waals surface area contributed by atoms with Crippen LogP contribution in [0, 0.1) is 11.6 Å². The highest BCUT2D eigenvalue weighted by Gasteiger charge is 2.35. The number of aromatic carboxylic acids is 1. The zero-order valence-electron chi connectivity index (χ0n) is 21.5. The standard InChI is InChI=1S/C30H19F5N2O5/c1-42-24-13-23(32)19(14-2-4-15(5-3-14)29(40)41)12-20(24)27(38)37-26-17-7-6-16(10-17)25(26)28(39)36-18-8-9-22(31)21(11-18)30(33,34)35/h2-9,11-13H,10H2,1H3,(H,36,39)(H,37,38)(H,40,41). The van der Waals surface area contributed by atoms with E-state index in [9.17, 15) is 36.3 Å². The second kappa shape index (κ2) is 10.6. The number of carbonyl (C=O) groups is 3. The van der Waals surface area contributed by atoms with E-state index in [1.54, 1.807) is 12.2 Å². The molecule has 0 radical (unpaired) electrons. The maximum Gasteiger partial charge on any atom is 0.419 e. The van der Waals surface area contributed by atoms with E-state index in [0.29, 0.717) is 28.8 Å². The van der Waals surface area contributed by atoms with Gasteiger partial charge in [0.15, 0.2) is 0 Å². The zero-order chi connectivity index (χ0) is 30.3. The smallest absolute Gasteiger partial charge is 0.419 e. The minimum Gasteiger partial charge on any atom is -0.496 e. The SMILES string of the molecule is COc1cc(F)c(-c2ccc(C(=O)O)cc2)cc1C(=O)NC1=C2C=CC(=C1C(=O)Nc1ccc(F)c(C(F)(F)F)c1)C2. The van der Waals surface area contributed by atoms with Crippen LogP contribution in [-0.4, -0.2) is 30.0 Å². The van der Waals surface area contributed by atoms with E-state index in [1.807, 2.05) is 0 Å². The number of benzene rings is 3. The fourth-order valence-corrected chi connectivity index (χ4v) is 4.70. The first-order valence-corrected chi connectivity index (χ1v) is 12.2. The first-order chi connectivity index (χ1) is 19.9. The van der Waals surface area contributed by atoms with Crippen molar-refractivity contribution in [3.63, 3.8) is 0 Å². The highest BCUT2D eigenvalue weighted by atomic mass is 19.4. The molecule has 0 unspecified atom stereocenters. The summed E-state index contributed by atoms with van der Waals surface area (Å²) in [4.78, 5) is 37.8. The molecule has 0 heterocycles. The second-order valence-corrected chi connectivity index (χ2v) is 9.33.